The summed E-state index contributed by atoms with van der Waals surface area (Å²) in [4.78, 5) is 22.9. The number of carbonyl (C=O) groups is 2. The molecule has 21 heavy (non-hydrogen) atoms. The monoisotopic (exact) mass is 377 g/mol. The van der Waals surface area contributed by atoms with E-state index in [1.807, 2.05) is 0 Å². The van der Waals surface area contributed by atoms with Crippen LogP contribution in [-0.2, 0) is 24.2 Å². The lowest BCUT2D eigenvalue weighted by atomic mass is 10.2. The van der Waals surface area contributed by atoms with Crippen LogP contribution in [0.2, 0.25) is 0 Å². The number of methoxy groups -OCH3 is 1. The van der Waals surface area contributed by atoms with E-state index in [1.165, 1.54) is 14.0 Å². The second kappa shape index (κ2) is 7.56. The molecule has 0 bridgehead atoms. The molecule has 1 amide bonds. The van der Waals surface area contributed by atoms with Gasteiger partial charge in [0.15, 0.2) is 9.84 Å². The number of hydrogen-bond acceptors (Lipinski definition) is 5. The molecule has 1 rings (SSSR count). The smallest absolute Gasteiger partial charge is 0.309 e. The van der Waals surface area contributed by atoms with Crippen molar-refractivity contribution in [2.45, 2.75) is 6.92 Å². The molecule has 0 radical (unpaired) electrons. The van der Waals surface area contributed by atoms with Gasteiger partial charge in [0.1, 0.15) is 5.75 Å². The lowest BCUT2D eigenvalue weighted by molar-refractivity contribution is -0.144. The fraction of sp³-hybridized carbons (Fsp3) is 0.385. The molecule has 0 spiro atoms. The summed E-state index contributed by atoms with van der Waals surface area (Å²) >= 11 is 3.25. The molecular formula is C13H16BrNO5S. The van der Waals surface area contributed by atoms with Gasteiger partial charge in [0.2, 0.25) is 5.91 Å². The number of amides is 1. The summed E-state index contributed by atoms with van der Waals surface area (Å²) in [6, 6.07) is 6.80. The van der Waals surface area contributed by atoms with Gasteiger partial charge in [-0.05, 0) is 18.2 Å². The van der Waals surface area contributed by atoms with Gasteiger partial charge in [0, 0.05) is 10.2 Å². The van der Waals surface area contributed by atoms with E-state index in [1.54, 1.807) is 24.3 Å². The molecule has 0 aliphatic carbocycles. The van der Waals surface area contributed by atoms with Crippen LogP contribution in [-0.4, -0.2) is 38.9 Å². The number of rotatable bonds is 6. The first-order valence-electron chi connectivity index (χ1n) is 6.07. The molecule has 1 N–H and O–H groups in total. The Morgan fingerprint density at radius 2 is 2.05 bits per heavy atom. The second-order valence-electron chi connectivity index (χ2n) is 4.54. The highest BCUT2D eigenvalue weighted by molar-refractivity contribution is 9.10. The highest BCUT2D eigenvalue weighted by Gasteiger charge is 2.24. The highest BCUT2D eigenvalue weighted by Crippen LogP contribution is 2.15. The maximum atomic E-state index is 11.9. The summed E-state index contributed by atoms with van der Waals surface area (Å²) in [5.41, 5.74) is 0.491. The van der Waals surface area contributed by atoms with Gasteiger partial charge in [0.25, 0.3) is 0 Å². The Kier molecular flexibility index (Phi) is 6.35. The van der Waals surface area contributed by atoms with Crippen LogP contribution in [0, 0.1) is 5.92 Å². The van der Waals surface area contributed by atoms with Crippen molar-refractivity contribution in [2.24, 2.45) is 5.92 Å². The Labute approximate surface area is 131 Å². The second-order valence-corrected chi connectivity index (χ2v) is 7.56. The molecule has 1 atom stereocenters. The standard InChI is InChI=1S/C13H16BrNO5S/c1-9(13(17)20-2)7-21(18,19)8-12(16)15-11-5-3-4-10(14)6-11/h3-6,9H,7-8H2,1-2H3,(H,15,16). The zero-order valence-corrected chi connectivity index (χ0v) is 14.0. The quantitative estimate of drug-likeness (QED) is 0.760. The van der Waals surface area contributed by atoms with Crippen molar-refractivity contribution in [1.82, 2.24) is 0 Å². The van der Waals surface area contributed by atoms with Crippen LogP contribution in [0.15, 0.2) is 28.7 Å². The summed E-state index contributed by atoms with van der Waals surface area (Å²) in [6.45, 7) is 1.44. The van der Waals surface area contributed by atoms with Gasteiger partial charge in [-0.15, -0.1) is 0 Å². The number of ether oxygens (including phenoxy) is 1. The van der Waals surface area contributed by atoms with Crippen LogP contribution in [0.3, 0.4) is 0 Å². The Bertz CT molecular complexity index is 629. The van der Waals surface area contributed by atoms with E-state index < -0.39 is 39.1 Å². The van der Waals surface area contributed by atoms with Crippen LogP contribution in [0.25, 0.3) is 0 Å². The largest absolute Gasteiger partial charge is 0.469 e. The molecule has 0 aromatic heterocycles. The summed E-state index contributed by atoms with van der Waals surface area (Å²) in [7, 11) is -2.50. The SMILES string of the molecule is COC(=O)C(C)CS(=O)(=O)CC(=O)Nc1cccc(Br)c1. The zero-order valence-electron chi connectivity index (χ0n) is 11.6. The maximum absolute atomic E-state index is 11.9. The highest BCUT2D eigenvalue weighted by atomic mass is 79.9. The number of halogens is 1. The minimum atomic E-state index is -3.69. The molecule has 6 nitrogen and oxygen atoms in total. The summed E-state index contributed by atoms with van der Waals surface area (Å²) < 4.78 is 28.9. The molecule has 1 unspecified atom stereocenters. The van der Waals surface area contributed by atoms with Crippen molar-refractivity contribution in [1.29, 1.82) is 0 Å². The lowest BCUT2D eigenvalue weighted by Crippen LogP contribution is -2.29. The molecule has 116 valence electrons. The molecule has 0 fully saturated rings. The number of anilines is 1. The van der Waals surface area contributed by atoms with E-state index in [0.29, 0.717) is 5.69 Å². The Balaban J connectivity index is 2.63. The molecule has 1 aromatic rings. The van der Waals surface area contributed by atoms with Crippen molar-refractivity contribution < 1.29 is 22.7 Å². The Morgan fingerprint density at radius 3 is 2.62 bits per heavy atom. The zero-order chi connectivity index (χ0) is 16.0. The predicted octanol–water partition coefficient (Wildman–Crippen LogP) is 1.61. The molecule has 1 aromatic carbocycles. The topological polar surface area (TPSA) is 89.5 Å². The third-order valence-corrected chi connectivity index (χ3v) is 4.77. The van der Waals surface area contributed by atoms with E-state index in [9.17, 15) is 18.0 Å². The number of esters is 1. The average molecular weight is 378 g/mol. The van der Waals surface area contributed by atoms with Crippen molar-refractivity contribution in [3.63, 3.8) is 0 Å². The van der Waals surface area contributed by atoms with Crippen LogP contribution >= 0.6 is 15.9 Å². The van der Waals surface area contributed by atoms with Gasteiger partial charge in [0.05, 0.1) is 18.8 Å². The molecule has 8 heteroatoms. The first kappa shape index (κ1) is 17.6. The van der Waals surface area contributed by atoms with Crippen molar-refractivity contribution >= 4 is 43.3 Å². The predicted molar refractivity (Wildman–Crippen MR) is 82.6 cm³/mol. The average Bonchev–Trinajstić information content (AvgIpc) is 2.36. The normalized spacial score (nSPS) is 12.5. The van der Waals surface area contributed by atoms with Gasteiger partial charge in [-0.2, -0.15) is 0 Å². The summed E-state index contributed by atoms with van der Waals surface area (Å²) in [6.07, 6.45) is 0. The Morgan fingerprint density at radius 1 is 1.38 bits per heavy atom. The summed E-state index contributed by atoms with van der Waals surface area (Å²) in [5.74, 6) is -3.18. The molecule has 0 aliphatic rings. The number of nitrogens with one attached hydrogen (secondary N) is 1. The van der Waals surface area contributed by atoms with Gasteiger partial charge in [-0.1, -0.05) is 28.9 Å². The van der Waals surface area contributed by atoms with E-state index in [-0.39, 0.29) is 0 Å². The number of carbonyl (C=O) groups excluding carboxylic acids is 2. The molecule has 0 aliphatic heterocycles. The van der Waals surface area contributed by atoms with Crippen molar-refractivity contribution in [3.8, 4) is 0 Å². The van der Waals surface area contributed by atoms with Crippen LogP contribution < -0.4 is 5.32 Å². The molecule has 0 heterocycles. The lowest BCUT2D eigenvalue weighted by Gasteiger charge is -2.10. The van der Waals surface area contributed by atoms with Crippen molar-refractivity contribution in [2.75, 3.05) is 23.9 Å². The third kappa shape index (κ3) is 6.26. The summed E-state index contributed by atoms with van der Waals surface area (Å²) in [5, 5.41) is 2.49. The fourth-order valence-electron chi connectivity index (χ4n) is 1.67. The molecule has 0 saturated heterocycles. The molecular weight excluding hydrogens is 362 g/mol. The van der Waals surface area contributed by atoms with Gasteiger partial charge < -0.3 is 10.1 Å². The van der Waals surface area contributed by atoms with E-state index in [4.69, 9.17) is 0 Å². The third-order valence-electron chi connectivity index (χ3n) is 2.57. The molecule has 0 saturated carbocycles. The van der Waals surface area contributed by atoms with Gasteiger partial charge in [-0.3, -0.25) is 9.59 Å². The van der Waals surface area contributed by atoms with E-state index >= 15 is 0 Å². The van der Waals surface area contributed by atoms with E-state index in [2.05, 4.69) is 26.0 Å². The number of hydrogen-bond donors (Lipinski definition) is 1. The number of benzene rings is 1. The van der Waals surface area contributed by atoms with Crippen LogP contribution in [0.5, 0.6) is 0 Å². The minimum Gasteiger partial charge on any atom is -0.469 e. The number of sulfone groups is 1. The maximum Gasteiger partial charge on any atom is 0.309 e. The van der Waals surface area contributed by atoms with Crippen LogP contribution in [0.4, 0.5) is 5.69 Å². The van der Waals surface area contributed by atoms with Crippen molar-refractivity contribution in [3.05, 3.63) is 28.7 Å². The minimum absolute atomic E-state index is 0.425. The first-order valence-corrected chi connectivity index (χ1v) is 8.68. The first-order chi connectivity index (χ1) is 9.73. The fourth-order valence-corrected chi connectivity index (χ4v) is 3.56. The van der Waals surface area contributed by atoms with E-state index in [0.717, 1.165) is 4.47 Å². The van der Waals surface area contributed by atoms with Gasteiger partial charge >= 0.3 is 5.97 Å². The Hall–Kier alpha value is -1.41. The van der Waals surface area contributed by atoms with Crippen LogP contribution in [0.1, 0.15) is 6.92 Å². The van der Waals surface area contributed by atoms with Gasteiger partial charge in [-0.25, -0.2) is 8.42 Å².